The largest absolute Gasteiger partial charge is 0.494 e. The van der Waals surface area contributed by atoms with E-state index in [0.29, 0.717) is 71.2 Å². The second kappa shape index (κ2) is 12.2. The number of Topliss-reactive ketones (excluding diaryl/α,β-unsaturated/α-hetero) is 1. The van der Waals surface area contributed by atoms with Gasteiger partial charge in [0.15, 0.2) is 17.4 Å². The monoisotopic (exact) mass is 554 g/mol. The molecule has 0 unspecified atom stereocenters. The molecule has 0 aliphatic heterocycles. The Morgan fingerprint density at radius 3 is 2.51 bits per heavy atom. The molecule has 1 aromatic carbocycles. The normalized spacial score (nSPS) is 10.8. The third kappa shape index (κ3) is 6.46. The van der Waals surface area contributed by atoms with Gasteiger partial charge in [-0.15, -0.1) is 0 Å². The molecule has 4 aromatic heterocycles. The van der Waals surface area contributed by atoms with Gasteiger partial charge in [0, 0.05) is 31.9 Å². The molecule has 0 spiro atoms. The zero-order valence-corrected chi connectivity index (χ0v) is 23.2. The lowest BCUT2D eigenvalue weighted by atomic mass is 10.1. The number of para-hydroxylation sites is 1. The molecule has 4 heterocycles. The second-order valence-electron chi connectivity index (χ2n) is 9.11. The fraction of sp³-hybridized carbons (Fsp3) is 0.250. The summed E-state index contributed by atoms with van der Waals surface area (Å²) in [7, 11) is 3.38. The summed E-state index contributed by atoms with van der Waals surface area (Å²) in [6, 6.07) is 7.35. The minimum absolute atomic E-state index is 0.0554. The van der Waals surface area contributed by atoms with Crippen LogP contribution in [0.2, 0.25) is 0 Å². The number of nitrogens with zero attached hydrogens (tertiary/aromatic N) is 8. The van der Waals surface area contributed by atoms with Gasteiger partial charge in [-0.3, -0.25) is 9.48 Å². The predicted octanol–water partition coefficient (Wildman–Crippen LogP) is 4.34. The fourth-order valence-corrected chi connectivity index (χ4v) is 4.12. The van der Waals surface area contributed by atoms with Gasteiger partial charge in [-0.1, -0.05) is 13.0 Å². The van der Waals surface area contributed by atoms with Gasteiger partial charge in [0.2, 0.25) is 5.88 Å². The molecule has 0 aliphatic rings. The van der Waals surface area contributed by atoms with E-state index in [1.165, 1.54) is 12.4 Å². The average Bonchev–Trinajstić information content (AvgIpc) is 3.61. The number of carbonyl (C=O) groups is 1. The number of carbonyl (C=O) groups excluding carboxylic acids is 1. The van der Waals surface area contributed by atoms with Crippen molar-refractivity contribution < 1.29 is 14.3 Å². The number of aryl methyl sites for hydroxylation is 2. The topological polar surface area (TPSA) is 147 Å². The first-order valence-corrected chi connectivity index (χ1v) is 13.0. The quantitative estimate of drug-likeness (QED) is 0.212. The highest BCUT2D eigenvalue weighted by atomic mass is 16.5. The van der Waals surface area contributed by atoms with Gasteiger partial charge >= 0.3 is 0 Å². The van der Waals surface area contributed by atoms with Gasteiger partial charge in [-0.2, -0.15) is 5.10 Å². The summed E-state index contributed by atoms with van der Waals surface area (Å²) in [4.78, 5) is 34.4. The van der Waals surface area contributed by atoms with Gasteiger partial charge in [0.05, 0.1) is 60.6 Å². The van der Waals surface area contributed by atoms with Crippen molar-refractivity contribution in [3.63, 3.8) is 0 Å². The first-order valence-electron chi connectivity index (χ1n) is 13.0. The van der Waals surface area contributed by atoms with Crippen molar-refractivity contribution in [3.05, 3.63) is 73.0 Å². The van der Waals surface area contributed by atoms with Crippen molar-refractivity contribution >= 4 is 28.8 Å². The summed E-state index contributed by atoms with van der Waals surface area (Å²) in [6.07, 6.45) is 10.3. The lowest BCUT2D eigenvalue weighted by molar-refractivity contribution is 0.0988. The summed E-state index contributed by atoms with van der Waals surface area (Å²) in [5.74, 6) is 2.36. The number of imidazole rings is 1. The van der Waals surface area contributed by atoms with Crippen LogP contribution in [0.3, 0.4) is 0 Å². The molecule has 41 heavy (non-hydrogen) atoms. The zero-order chi connectivity index (χ0) is 28.8. The van der Waals surface area contributed by atoms with E-state index in [1.807, 2.05) is 42.8 Å². The van der Waals surface area contributed by atoms with E-state index in [1.54, 1.807) is 43.8 Å². The van der Waals surface area contributed by atoms with Gasteiger partial charge in [0.25, 0.3) is 0 Å². The van der Waals surface area contributed by atoms with E-state index in [4.69, 9.17) is 9.47 Å². The number of hydrogen-bond acceptors (Lipinski definition) is 11. The summed E-state index contributed by atoms with van der Waals surface area (Å²) in [5.41, 5.74) is 3.32. The van der Waals surface area contributed by atoms with Crippen LogP contribution in [0.1, 0.15) is 29.4 Å². The van der Waals surface area contributed by atoms with Gasteiger partial charge in [0.1, 0.15) is 24.6 Å². The third-order valence-electron chi connectivity index (χ3n) is 6.10. The molecule has 5 rings (SSSR count). The molecule has 5 aromatic rings. The molecule has 0 aliphatic carbocycles. The maximum Gasteiger partial charge on any atom is 0.232 e. The van der Waals surface area contributed by atoms with Crippen molar-refractivity contribution in [2.24, 2.45) is 7.05 Å². The molecule has 0 fully saturated rings. The van der Waals surface area contributed by atoms with Crippen molar-refractivity contribution in [1.82, 2.24) is 39.3 Å². The average molecular weight is 555 g/mol. The van der Waals surface area contributed by atoms with Gasteiger partial charge < -0.3 is 24.7 Å². The fourth-order valence-electron chi connectivity index (χ4n) is 4.12. The minimum Gasteiger partial charge on any atom is -0.494 e. The van der Waals surface area contributed by atoms with Crippen molar-refractivity contribution in [3.8, 4) is 23.0 Å². The molecule has 0 saturated heterocycles. The lowest BCUT2D eigenvalue weighted by Crippen LogP contribution is -2.08. The van der Waals surface area contributed by atoms with E-state index in [2.05, 4.69) is 40.7 Å². The Labute approximate surface area is 236 Å². The molecule has 2 N–H and O–H groups in total. The highest BCUT2D eigenvalue weighted by Crippen LogP contribution is 2.37. The van der Waals surface area contributed by atoms with Crippen LogP contribution in [0.4, 0.5) is 23.0 Å². The standard InChI is InChI=1S/C28H30N10O3/c1-5-23(39)20-12-29-24(35-25-13-31-26(14-30-25)41-10-9-38-15-18(2)32-17-38)11-22(20)34-21-8-6-7-19(27(21)40-4)28-33-16-37(3)36-28/h6-8,11-17H,5,9-10H2,1-4H3,(H2,29,30,34,35). The number of aromatic nitrogens is 8. The van der Waals surface area contributed by atoms with Crippen LogP contribution in [0.15, 0.2) is 61.7 Å². The van der Waals surface area contributed by atoms with Gasteiger partial charge in [-0.25, -0.2) is 24.9 Å². The highest BCUT2D eigenvalue weighted by Gasteiger charge is 2.18. The van der Waals surface area contributed by atoms with E-state index in [9.17, 15) is 4.79 Å². The molecular formula is C28H30N10O3. The first-order chi connectivity index (χ1) is 19.9. The zero-order valence-electron chi connectivity index (χ0n) is 23.2. The second-order valence-corrected chi connectivity index (χ2v) is 9.11. The number of pyridine rings is 1. The number of ether oxygens (including phenoxy) is 2. The molecule has 0 amide bonds. The molecule has 0 bridgehead atoms. The van der Waals surface area contributed by atoms with Crippen LogP contribution in [-0.4, -0.2) is 58.8 Å². The molecule has 13 nitrogen and oxygen atoms in total. The number of methoxy groups -OCH3 is 1. The summed E-state index contributed by atoms with van der Waals surface area (Å²) >= 11 is 0. The SMILES string of the molecule is CCC(=O)c1cnc(Nc2cnc(OCCn3cnc(C)c3)cn2)cc1Nc1cccc(-c2ncn(C)n2)c1OC. The van der Waals surface area contributed by atoms with Crippen LogP contribution >= 0.6 is 0 Å². The number of benzene rings is 1. The Bertz CT molecular complexity index is 1650. The molecule has 0 atom stereocenters. The summed E-state index contributed by atoms with van der Waals surface area (Å²) < 4.78 is 15.0. The van der Waals surface area contributed by atoms with Gasteiger partial charge in [-0.05, 0) is 19.1 Å². The van der Waals surface area contributed by atoms with Crippen molar-refractivity contribution in [1.29, 1.82) is 0 Å². The summed E-state index contributed by atoms with van der Waals surface area (Å²) in [5, 5.41) is 10.9. The summed E-state index contributed by atoms with van der Waals surface area (Å²) in [6.45, 7) is 4.83. The Kier molecular flexibility index (Phi) is 8.13. The van der Waals surface area contributed by atoms with E-state index >= 15 is 0 Å². The number of rotatable bonds is 12. The third-order valence-corrected chi connectivity index (χ3v) is 6.10. The van der Waals surface area contributed by atoms with Crippen LogP contribution in [0.5, 0.6) is 11.6 Å². The van der Waals surface area contributed by atoms with E-state index in [0.717, 1.165) is 5.69 Å². The number of nitrogens with one attached hydrogen (secondary N) is 2. The lowest BCUT2D eigenvalue weighted by Gasteiger charge is -2.17. The molecule has 210 valence electrons. The Morgan fingerprint density at radius 2 is 1.83 bits per heavy atom. The van der Waals surface area contributed by atoms with Crippen LogP contribution < -0.4 is 20.1 Å². The van der Waals surface area contributed by atoms with Crippen molar-refractivity contribution in [2.75, 3.05) is 24.4 Å². The molecule has 13 heteroatoms. The number of anilines is 4. The Balaban J connectivity index is 1.34. The maximum atomic E-state index is 12.8. The first kappa shape index (κ1) is 27.2. The molecular weight excluding hydrogens is 524 g/mol. The molecule has 0 saturated carbocycles. The smallest absolute Gasteiger partial charge is 0.232 e. The van der Waals surface area contributed by atoms with E-state index < -0.39 is 0 Å². The molecule has 0 radical (unpaired) electrons. The van der Waals surface area contributed by atoms with E-state index in [-0.39, 0.29) is 5.78 Å². The highest BCUT2D eigenvalue weighted by molar-refractivity contribution is 6.02. The predicted molar refractivity (Wildman–Crippen MR) is 153 cm³/mol. The Morgan fingerprint density at radius 1 is 0.976 bits per heavy atom. The maximum absolute atomic E-state index is 12.8. The van der Waals surface area contributed by atoms with Crippen molar-refractivity contribution in [2.45, 2.75) is 26.8 Å². The number of ketones is 1. The van der Waals surface area contributed by atoms with Crippen LogP contribution in [-0.2, 0) is 13.6 Å². The minimum atomic E-state index is -0.0554. The number of hydrogen-bond donors (Lipinski definition) is 2. The Hall–Kier alpha value is -5.33. The van der Waals surface area contributed by atoms with Crippen LogP contribution in [0.25, 0.3) is 11.4 Å². The van der Waals surface area contributed by atoms with Crippen LogP contribution in [0, 0.1) is 6.92 Å².